The van der Waals surface area contributed by atoms with Gasteiger partial charge in [-0.2, -0.15) is 0 Å². The first-order chi connectivity index (χ1) is 9.78. The van der Waals surface area contributed by atoms with Crippen molar-refractivity contribution in [3.63, 3.8) is 0 Å². The van der Waals surface area contributed by atoms with Gasteiger partial charge in [-0.25, -0.2) is 4.79 Å². The van der Waals surface area contributed by atoms with Crippen LogP contribution < -0.4 is 0 Å². The number of Topliss-reactive ketones (excluding diaryl/α,β-unsaturated/α-hetero) is 1. The number of carbonyl (C=O) groups excluding carboxylic acids is 2. The van der Waals surface area contributed by atoms with Gasteiger partial charge >= 0.3 is 5.97 Å². The summed E-state index contributed by atoms with van der Waals surface area (Å²) in [7, 11) is 2.01. The van der Waals surface area contributed by atoms with Crippen molar-refractivity contribution in [2.24, 2.45) is 5.92 Å². The highest BCUT2D eigenvalue weighted by molar-refractivity contribution is 6.02. The molecule has 4 heteroatoms. The molecule has 0 N–H and O–H groups in total. The number of allylic oxidation sites excluding steroid dienone is 2. The molecule has 2 rings (SSSR count). The summed E-state index contributed by atoms with van der Waals surface area (Å²) >= 11 is 0. The zero-order valence-electron chi connectivity index (χ0n) is 13.4. The van der Waals surface area contributed by atoms with Gasteiger partial charge in [-0.1, -0.05) is 12.8 Å². The quantitative estimate of drug-likeness (QED) is 0.580. The largest absolute Gasteiger partial charge is 0.457 e. The first kappa shape index (κ1) is 15.8. The number of ketones is 1. The molecule has 0 radical (unpaired) electrons. The summed E-state index contributed by atoms with van der Waals surface area (Å²) < 4.78 is 5.22. The number of ether oxygens (including phenoxy) is 1. The fourth-order valence-corrected chi connectivity index (χ4v) is 3.12. The summed E-state index contributed by atoms with van der Waals surface area (Å²) in [5.41, 5.74) is 0.0870. The third-order valence-corrected chi connectivity index (χ3v) is 4.02. The Bertz CT molecular complexity index is 485. The minimum atomic E-state index is -0.516. The lowest BCUT2D eigenvalue weighted by molar-refractivity contribution is -0.148. The van der Waals surface area contributed by atoms with E-state index in [-0.39, 0.29) is 11.7 Å². The van der Waals surface area contributed by atoms with Crippen LogP contribution in [0.2, 0.25) is 0 Å². The molecule has 0 amide bonds. The van der Waals surface area contributed by atoms with Crippen molar-refractivity contribution in [1.29, 1.82) is 0 Å². The topological polar surface area (TPSA) is 46.6 Å². The number of nitrogens with zero attached hydrogens (tertiary/aromatic N) is 1. The predicted molar refractivity (Wildman–Crippen MR) is 81.6 cm³/mol. The summed E-state index contributed by atoms with van der Waals surface area (Å²) in [6.07, 6.45) is 9.14. The molecule has 0 saturated heterocycles. The fourth-order valence-electron chi connectivity index (χ4n) is 3.12. The molecule has 0 spiro atoms. The van der Waals surface area contributed by atoms with Crippen LogP contribution in [0, 0.1) is 5.92 Å². The molecule has 1 fully saturated rings. The van der Waals surface area contributed by atoms with Crippen LogP contribution >= 0.6 is 0 Å². The van der Waals surface area contributed by atoms with Crippen molar-refractivity contribution in [2.75, 3.05) is 7.05 Å². The van der Waals surface area contributed by atoms with Crippen molar-refractivity contribution >= 4 is 11.8 Å². The highest BCUT2D eigenvalue weighted by Crippen LogP contribution is 2.34. The molecule has 4 nitrogen and oxygen atoms in total. The van der Waals surface area contributed by atoms with E-state index in [1.807, 2.05) is 34.0 Å². The third-order valence-electron chi connectivity index (χ3n) is 4.02. The van der Waals surface area contributed by atoms with Crippen LogP contribution in [0.3, 0.4) is 0 Å². The van der Waals surface area contributed by atoms with Crippen molar-refractivity contribution < 1.29 is 14.3 Å². The minimum Gasteiger partial charge on any atom is -0.457 e. The molecule has 0 aromatic carbocycles. The molecule has 0 unspecified atom stereocenters. The van der Waals surface area contributed by atoms with E-state index in [1.54, 1.807) is 6.08 Å². The molecule has 1 aliphatic carbocycles. The Kier molecular flexibility index (Phi) is 4.55. The van der Waals surface area contributed by atoms with Gasteiger partial charge in [0.15, 0.2) is 5.78 Å². The van der Waals surface area contributed by atoms with Gasteiger partial charge in [-0.3, -0.25) is 4.79 Å². The van der Waals surface area contributed by atoms with E-state index in [0.717, 1.165) is 19.3 Å². The maximum Gasteiger partial charge on any atom is 0.331 e. The zero-order chi connectivity index (χ0) is 15.6. The summed E-state index contributed by atoms with van der Waals surface area (Å²) in [4.78, 5) is 26.3. The zero-order valence-corrected chi connectivity index (χ0v) is 13.4. The smallest absolute Gasteiger partial charge is 0.331 e. The molecule has 0 bridgehead atoms. The van der Waals surface area contributed by atoms with E-state index in [0.29, 0.717) is 11.6 Å². The normalized spacial score (nSPS) is 26.6. The van der Waals surface area contributed by atoms with E-state index in [2.05, 4.69) is 4.90 Å². The van der Waals surface area contributed by atoms with Crippen LogP contribution in [0.5, 0.6) is 0 Å². The number of esters is 1. The Morgan fingerprint density at radius 3 is 2.67 bits per heavy atom. The van der Waals surface area contributed by atoms with E-state index in [1.165, 1.54) is 12.5 Å². The average molecular weight is 291 g/mol. The summed E-state index contributed by atoms with van der Waals surface area (Å²) in [6.45, 7) is 5.47. The molecule has 1 aliphatic heterocycles. The van der Waals surface area contributed by atoms with Gasteiger partial charge in [0, 0.05) is 36.9 Å². The van der Waals surface area contributed by atoms with Crippen molar-refractivity contribution in [1.82, 2.24) is 4.90 Å². The molecule has 0 aromatic rings. The second kappa shape index (κ2) is 6.04. The first-order valence-electron chi connectivity index (χ1n) is 7.67. The number of carbonyl (C=O) groups is 2. The van der Waals surface area contributed by atoms with Gasteiger partial charge in [0.25, 0.3) is 0 Å². The Hall–Kier alpha value is -1.58. The van der Waals surface area contributed by atoms with Gasteiger partial charge in [-0.15, -0.1) is 0 Å². The Balaban J connectivity index is 2.09. The molecule has 1 saturated carbocycles. The molecule has 116 valence electrons. The molecular formula is C17H25NO3. The van der Waals surface area contributed by atoms with Crippen LogP contribution in [0.4, 0.5) is 0 Å². The van der Waals surface area contributed by atoms with E-state index in [9.17, 15) is 9.59 Å². The van der Waals surface area contributed by atoms with Crippen LogP contribution in [0.25, 0.3) is 0 Å². The van der Waals surface area contributed by atoms with E-state index < -0.39 is 11.6 Å². The molecule has 1 heterocycles. The molecule has 2 aliphatic rings. The second-order valence-corrected chi connectivity index (χ2v) is 6.94. The molecule has 2 atom stereocenters. The highest BCUT2D eigenvalue weighted by Gasteiger charge is 2.37. The van der Waals surface area contributed by atoms with Crippen LogP contribution in [0.15, 0.2) is 23.9 Å². The molecular weight excluding hydrogens is 266 g/mol. The monoisotopic (exact) mass is 291 g/mol. The SMILES string of the molecule is CN1C=C(/C=C/C(=O)OC(C)(C)C)C(=O)[C@H]2CCCC[C@H]21. The molecule has 21 heavy (non-hydrogen) atoms. The molecule has 0 aromatic heterocycles. The minimum absolute atomic E-state index is 0.0760. The summed E-state index contributed by atoms with van der Waals surface area (Å²) in [5, 5.41) is 0. The number of hydrogen-bond donors (Lipinski definition) is 0. The standard InChI is InChI=1S/C17H25NO3/c1-17(2,3)21-15(19)10-9-12-11-18(4)14-8-6-5-7-13(14)16(12)20/h9-11,13-14H,5-8H2,1-4H3/b10-9+/t13-,14+/m0/s1. The van der Waals surface area contributed by atoms with Crippen molar-refractivity contribution in [3.8, 4) is 0 Å². The van der Waals surface area contributed by atoms with Crippen LogP contribution in [-0.2, 0) is 14.3 Å². The van der Waals surface area contributed by atoms with Crippen LogP contribution in [-0.4, -0.2) is 35.3 Å². The third kappa shape index (κ3) is 3.96. The second-order valence-electron chi connectivity index (χ2n) is 6.94. The predicted octanol–water partition coefficient (Wildman–Crippen LogP) is 2.84. The van der Waals surface area contributed by atoms with Gasteiger partial charge in [0.1, 0.15) is 5.60 Å². The fraction of sp³-hybridized carbons (Fsp3) is 0.647. The first-order valence-corrected chi connectivity index (χ1v) is 7.67. The summed E-state index contributed by atoms with van der Waals surface area (Å²) in [6, 6.07) is 0.324. The number of hydrogen-bond acceptors (Lipinski definition) is 4. The van der Waals surface area contributed by atoms with Gasteiger partial charge in [0.05, 0.1) is 0 Å². The maximum absolute atomic E-state index is 12.5. The Morgan fingerprint density at radius 2 is 2.00 bits per heavy atom. The maximum atomic E-state index is 12.5. The Labute approximate surface area is 126 Å². The van der Waals surface area contributed by atoms with Crippen molar-refractivity contribution in [3.05, 3.63) is 23.9 Å². The van der Waals surface area contributed by atoms with Crippen molar-refractivity contribution in [2.45, 2.75) is 58.1 Å². The lowest BCUT2D eigenvalue weighted by Crippen LogP contribution is -2.45. The average Bonchev–Trinajstić information content (AvgIpc) is 2.39. The van der Waals surface area contributed by atoms with Gasteiger partial charge in [-0.05, 0) is 39.7 Å². The lowest BCUT2D eigenvalue weighted by atomic mass is 9.77. The van der Waals surface area contributed by atoms with Gasteiger partial charge in [0.2, 0.25) is 0 Å². The summed E-state index contributed by atoms with van der Waals surface area (Å²) in [5.74, 6) is -0.172. The van der Waals surface area contributed by atoms with E-state index in [4.69, 9.17) is 4.74 Å². The van der Waals surface area contributed by atoms with E-state index >= 15 is 0 Å². The lowest BCUT2D eigenvalue weighted by Gasteiger charge is -2.40. The van der Waals surface area contributed by atoms with Gasteiger partial charge < -0.3 is 9.64 Å². The highest BCUT2D eigenvalue weighted by atomic mass is 16.6. The number of fused-ring (bicyclic) bond motifs is 1. The Morgan fingerprint density at radius 1 is 1.33 bits per heavy atom. The van der Waals surface area contributed by atoms with Crippen LogP contribution in [0.1, 0.15) is 46.5 Å². The number of rotatable bonds is 2.